The Kier molecular flexibility index (Phi) is 8.18. The van der Waals surface area contributed by atoms with Crippen LogP contribution in [0, 0.1) is 0 Å². The fraction of sp³-hybridized carbons (Fsp3) is 0.222. The lowest BCUT2D eigenvalue weighted by Crippen LogP contribution is -2.38. The fourth-order valence-corrected chi connectivity index (χ4v) is 4.38. The van der Waals surface area contributed by atoms with Gasteiger partial charge in [0.25, 0.3) is 0 Å². The van der Waals surface area contributed by atoms with E-state index in [1.165, 1.54) is 0 Å². The SMILES string of the molecule is CCOc1cc(CN[C@H](Cc2c[nH]c3ccccc23)C(=O)O)cc(Cl)c1OCc1ccccc1Cl. The number of aromatic amines is 1. The number of hydrogen-bond acceptors (Lipinski definition) is 4. The highest BCUT2D eigenvalue weighted by atomic mass is 35.5. The van der Waals surface area contributed by atoms with Gasteiger partial charge in [-0.05, 0) is 42.3 Å². The van der Waals surface area contributed by atoms with Crippen molar-refractivity contribution in [2.45, 2.75) is 32.5 Å². The number of hydrogen-bond donors (Lipinski definition) is 3. The van der Waals surface area contributed by atoms with Crippen LogP contribution in [0.1, 0.15) is 23.6 Å². The van der Waals surface area contributed by atoms with Gasteiger partial charge < -0.3 is 24.9 Å². The quantitative estimate of drug-likeness (QED) is 0.221. The van der Waals surface area contributed by atoms with Gasteiger partial charge in [0, 0.05) is 40.7 Å². The molecule has 0 aliphatic carbocycles. The van der Waals surface area contributed by atoms with Gasteiger partial charge in [-0.3, -0.25) is 4.79 Å². The molecule has 1 aromatic heterocycles. The second kappa shape index (κ2) is 11.5. The summed E-state index contributed by atoms with van der Waals surface area (Å²) in [6.07, 6.45) is 2.20. The van der Waals surface area contributed by atoms with Gasteiger partial charge in [-0.1, -0.05) is 59.6 Å². The number of fused-ring (bicyclic) bond motifs is 1. The summed E-state index contributed by atoms with van der Waals surface area (Å²) in [5.41, 5.74) is 3.54. The summed E-state index contributed by atoms with van der Waals surface area (Å²) < 4.78 is 11.7. The molecular weight excluding hydrogens is 487 g/mol. The molecule has 0 saturated heterocycles. The number of aromatic nitrogens is 1. The average molecular weight is 513 g/mol. The molecule has 0 radical (unpaired) electrons. The van der Waals surface area contributed by atoms with E-state index in [1.807, 2.05) is 61.7 Å². The van der Waals surface area contributed by atoms with Gasteiger partial charge >= 0.3 is 5.97 Å². The van der Waals surface area contributed by atoms with Gasteiger partial charge in [-0.15, -0.1) is 0 Å². The van der Waals surface area contributed by atoms with Crippen molar-refractivity contribution in [3.63, 3.8) is 0 Å². The number of carbonyl (C=O) groups is 1. The Morgan fingerprint density at radius 1 is 1.03 bits per heavy atom. The van der Waals surface area contributed by atoms with E-state index in [9.17, 15) is 9.90 Å². The predicted octanol–water partition coefficient (Wildman–Crippen LogP) is 6.24. The molecule has 0 unspecified atom stereocenters. The lowest BCUT2D eigenvalue weighted by molar-refractivity contribution is -0.139. The summed E-state index contributed by atoms with van der Waals surface area (Å²) in [5, 5.41) is 14.9. The van der Waals surface area contributed by atoms with Gasteiger partial charge in [0.1, 0.15) is 12.6 Å². The van der Waals surface area contributed by atoms with Crippen LogP contribution in [0.3, 0.4) is 0 Å². The lowest BCUT2D eigenvalue weighted by Gasteiger charge is -2.18. The maximum Gasteiger partial charge on any atom is 0.321 e. The minimum atomic E-state index is -0.925. The maximum absolute atomic E-state index is 12.0. The Bertz CT molecular complexity index is 1320. The minimum absolute atomic E-state index is 0.239. The number of benzene rings is 3. The smallest absolute Gasteiger partial charge is 0.321 e. The molecule has 0 aliphatic heterocycles. The number of aliphatic carboxylic acids is 1. The molecule has 0 spiro atoms. The van der Waals surface area contributed by atoms with Crippen molar-refractivity contribution in [2.75, 3.05) is 6.61 Å². The Labute approximate surface area is 213 Å². The van der Waals surface area contributed by atoms with Crippen molar-refractivity contribution in [1.82, 2.24) is 10.3 Å². The third-order valence-electron chi connectivity index (χ3n) is 5.65. The molecule has 4 rings (SSSR count). The van der Waals surface area contributed by atoms with Crippen molar-refractivity contribution in [3.8, 4) is 11.5 Å². The first-order valence-corrected chi connectivity index (χ1v) is 12.0. The van der Waals surface area contributed by atoms with E-state index in [0.29, 0.717) is 41.1 Å². The first-order chi connectivity index (χ1) is 17.0. The largest absolute Gasteiger partial charge is 0.490 e. The number of para-hydroxylation sites is 1. The molecule has 4 aromatic rings. The van der Waals surface area contributed by atoms with E-state index in [4.69, 9.17) is 32.7 Å². The molecule has 1 heterocycles. The molecule has 182 valence electrons. The number of ether oxygens (including phenoxy) is 2. The fourth-order valence-electron chi connectivity index (χ4n) is 3.90. The van der Waals surface area contributed by atoms with Crippen LogP contribution in [-0.2, 0) is 24.4 Å². The predicted molar refractivity (Wildman–Crippen MR) is 139 cm³/mol. The first-order valence-electron chi connectivity index (χ1n) is 11.3. The summed E-state index contributed by atoms with van der Waals surface area (Å²) in [6, 6.07) is 18.0. The van der Waals surface area contributed by atoms with Crippen LogP contribution in [0.25, 0.3) is 10.9 Å². The average Bonchev–Trinajstić information content (AvgIpc) is 3.25. The Hall–Kier alpha value is -3.19. The summed E-state index contributed by atoms with van der Waals surface area (Å²) in [7, 11) is 0. The molecule has 0 saturated carbocycles. The topological polar surface area (TPSA) is 83.6 Å². The zero-order valence-corrected chi connectivity index (χ0v) is 20.7. The molecule has 1 atom stereocenters. The number of H-pyrrole nitrogens is 1. The van der Waals surface area contributed by atoms with Crippen LogP contribution in [0.2, 0.25) is 10.0 Å². The van der Waals surface area contributed by atoms with Gasteiger partial charge in [0.05, 0.1) is 11.6 Å². The highest BCUT2D eigenvalue weighted by molar-refractivity contribution is 6.32. The molecule has 0 aliphatic rings. The Morgan fingerprint density at radius 2 is 1.80 bits per heavy atom. The van der Waals surface area contributed by atoms with Crippen LogP contribution in [-0.4, -0.2) is 28.7 Å². The zero-order chi connectivity index (χ0) is 24.8. The molecule has 0 amide bonds. The molecule has 35 heavy (non-hydrogen) atoms. The van der Waals surface area contributed by atoms with Crippen molar-refractivity contribution < 1.29 is 19.4 Å². The van der Waals surface area contributed by atoms with Gasteiger partial charge in [0.15, 0.2) is 11.5 Å². The van der Waals surface area contributed by atoms with Crippen molar-refractivity contribution in [3.05, 3.63) is 93.6 Å². The monoisotopic (exact) mass is 512 g/mol. The van der Waals surface area contributed by atoms with Crippen molar-refractivity contribution >= 4 is 40.1 Å². The molecule has 0 bridgehead atoms. The third-order valence-corrected chi connectivity index (χ3v) is 6.30. The number of halogens is 2. The van der Waals surface area contributed by atoms with Crippen LogP contribution in [0.15, 0.2) is 66.9 Å². The van der Waals surface area contributed by atoms with Gasteiger partial charge in [-0.2, -0.15) is 0 Å². The molecular formula is C27H26Cl2N2O4. The first kappa shape index (κ1) is 24.9. The highest BCUT2D eigenvalue weighted by Gasteiger charge is 2.20. The molecule has 3 N–H and O–H groups in total. The van der Waals surface area contributed by atoms with E-state index in [1.54, 1.807) is 12.1 Å². The third kappa shape index (κ3) is 6.09. The molecule has 6 nitrogen and oxygen atoms in total. The van der Waals surface area contributed by atoms with E-state index in [-0.39, 0.29) is 6.61 Å². The van der Waals surface area contributed by atoms with Gasteiger partial charge in [0.2, 0.25) is 0 Å². The van der Waals surface area contributed by atoms with E-state index in [0.717, 1.165) is 27.6 Å². The second-order valence-electron chi connectivity index (χ2n) is 8.05. The lowest BCUT2D eigenvalue weighted by atomic mass is 10.0. The van der Waals surface area contributed by atoms with Crippen LogP contribution >= 0.6 is 23.2 Å². The highest BCUT2D eigenvalue weighted by Crippen LogP contribution is 2.37. The second-order valence-corrected chi connectivity index (χ2v) is 8.87. The number of rotatable bonds is 11. The normalized spacial score (nSPS) is 12.0. The van der Waals surface area contributed by atoms with Crippen LogP contribution in [0.4, 0.5) is 0 Å². The van der Waals surface area contributed by atoms with E-state index in [2.05, 4.69) is 10.3 Å². The van der Waals surface area contributed by atoms with Crippen molar-refractivity contribution in [1.29, 1.82) is 0 Å². The van der Waals surface area contributed by atoms with Crippen LogP contribution in [0.5, 0.6) is 11.5 Å². The van der Waals surface area contributed by atoms with Crippen molar-refractivity contribution in [2.24, 2.45) is 0 Å². The summed E-state index contributed by atoms with van der Waals surface area (Å²) in [4.78, 5) is 15.2. The Morgan fingerprint density at radius 3 is 2.57 bits per heavy atom. The zero-order valence-electron chi connectivity index (χ0n) is 19.2. The Balaban J connectivity index is 1.48. The molecule has 3 aromatic carbocycles. The van der Waals surface area contributed by atoms with E-state index < -0.39 is 12.0 Å². The van der Waals surface area contributed by atoms with E-state index >= 15 is 0 Å². The van der Waals surface area contributed by atoms with Gasteiger partial charge in [-0.25, -0.2) is 0 Å². The number of carboxylic acids is 1. The molecule has 8 heteroatoms. The summed E-state index contributed by atoms with van der Waals surface area (Å²) in [6.45, 7) is 2.83. The maximum atomic E-state index is 12.0. The summed E-state index contributed by atoms with van der Waals surface area (Å²) in [5.74, 6) is -0.00998. The minimum Gasteiger partial charge on any atom is -0.490 e. The number of carboxylic acid groups (broad SMARTS) is 1. The van der Waals surface area contributed by atoms with Crippen LogP contribution < -0.4 is 14.8 Å². The standard InChI is InChI=1S/C27H26Cl2N2O4/c1-2-34-25-12-17(11-22(29)26(25)35-16-18-7-3-5-9-21(18)28)14-30-24(27(32)33)13-19-15-31-23-10-6-4-8-20(19)23/h3-12,15,24,30-31H,2,13-14,16H2,1H3,(H,32,33)/t24-/m1/s1. The summed E-state index contributed by atoms with van der Waals surface area (Å²) >= 11 is 12.8. The number of nitrogens with one attached hydrogen (secondary N) is 2. The molecule has 0 fully saturated rings.